The van der Waals surface area contributed by atoms with Crippen LogP contribution in [0.25, 0.3) is 0 Å². The van der Waals surface area contributed by atoms with E-state index in [1.54, 1.807) is 70.6 Å². The van der Waals surface area contributed by atoms with Gasteiger partial charge in [-0.25, -0.2) is 0 Å². The van der Waals surface area contributed by atoms with Gasteiger partial charge < -0.3 is 0 Å². The van der Waals surface area contributed by atoms with Crippen molar-refractivity contribution in [2.45, 2.75) is 163 Å². The molecular formula is C36H66. The minimum atomic E-state index is 1.01. The molecule has 0 nitrogen and oxygen atoms in total. The fourth-order valence-corrected chi connectivity index (χ4v) is 10.8. The van der Waals surface area contributed by atoms with Gasteiger partial charge in [-0.2, -0.15) is 0 Å². The van der Waals surface area contributed by atoms with E-state index in [9.17, 15) is 0 Å². The van der Waals surface area contributed by atoms with Crippen LogP contribution >= 0.6 is 0 Å². The van der Waals surface area contributed by atoms with Crippen molar-refractivity contribution in [3.63, 3.8) is 0 Å². The lowest BCUT2D eigenvalue weighted by molar-refractivity contribution is -0.0197. The Labute approximate surface area is 227 Å². The molecule has 0 N–H and O–H groups in total. The molecule has 0 saturated heterocycles. The molecule has 0 heterocycles. The van der Waals surface area contributed by atoms with E-state index in [1.807, 2.05) is 0 Å². The minimum Gasteiger partial charge on any atom is -0.0654 e. The average Bonchev–Trinajstić information content (AvgIpc) is 3.56. The highest BCUT2D eigenvalue weighted by atomic mass is 14.5. The first-order valence-corrected chi connectivity index (χ1v) is 17.5. The Bertz CT molecular complexity index is 599. The highest BCUT2D eigenvalue weighted by Gasteiger charge is 2.48. The standard InChI is InChI=1S/C22H40.C14H26/c1-4-6-12-19-16(3)15-18-11-9-14-21(18)22(19)20-13-8-7-10-17(20)5-2;1-3-12-5-8-13(9-6-12)14-7-4-11(2)10-14/h16-22H,4-15H2,1-3H3;11-14H,3-10H2,1-2H3. The lowest BCUT2D eigenvalue weighted by atomic mass is 9.54. The van der Waals surface area contributed by atoms with Crippen LogP contribution in [0.2, 0.25) is 0 Å². The summed E-state index contributed by atoms with van der Waals surface area (Å²) in [4.78, 5) is 0. The van der Waals surface area contributed by atoms with E-state index in [1.165, 1.54) is 57.8 Å². The second kappa shape index (κ2) is 14.4. The molecule has 0 heteroatoms. The third-order valence-electron chi connectivity index (χ3n) is 12.9. The minimum absolute atomic E-state index is 1.01. The lowest BCUT2D eigenvalue weighted by Crippen LogP contribution is -2.44. The molecule has 0 amide bonds. The van der Waals surface area contributed by atoms with Gasteiger partial charge in [0.2, 0.25) is 0 Å². The van der Waals surface area contributed by atoms with Gasteiger partial charge >= 0.3 is 0 Å². The summed E-state index contributed by atoms with van der Waals surface area (Å²) in [6.07, 6.45) is 30.5. The fourth-order valence-electron chi connectivity index (χ4n) is 10.8. The molecule has 0 aliphatic heterocycles. The quantitative estimate of drug-likeness (QED) is 0.327. The van der Waals surface area contributed by atoms with Crippen LogP contribution in [0.3, 0.4) is 0 Å². The maximum Gasteiger partial charge on any atom is -0.0321 e. The largest absolute Gasteiger partial charge is 0.0654 e. The predicted molar refractivity (Wildman–Crippen MR) is 159 cm³/mol. The Morgan fingerprint density at radius 2 is 1.31 bits per heavy atom. The van der Waals surface area contributed by atoms with Crippen LogP contribution in [-0.4, -0.2) is 0 Å². The van der Waals surface area contributed by atoms with E-state index < -0.39 is 0 Å². The molecule has 0 aromatic rings. The first-order valence-electron chi connectivity index (χ1n) is 17.5. The Kier molecular flexibility index (Phi) is 11.6. The molecule has 9 unspecified atom stereocenters. The molecule has 36 heavy (non-hydrogen) atoms. The molecule has 0 radical (unpaired) electrons. The summed E-state index contributed by atoms with van der Waals surface area (Å²) in [5.74, 6) is 11.9. The molecule has 9 atom stereocenters. The van der Waals surface area contributed by atoms with Crippen LogP contribution < -0.4 is 0 Å². The van der Waals surface area contributed by atoms with Crippen molar-refractivity contribution in [3.05, 3.63) is 0 Å². The van der Waals surface area contributed by atoms with Gasteiger partial charge in [0, 0.05) is 0 Å². The van der Waals surface area contributed by atoms with Crippen molar-refractivity contribution in [2.24, 2.45) is 65.1 Å². The first kappa shape index (κ1) is 29.0. The van der Waals surface area contributed by atoms with Crippen LogP contribution in [0.15, 0.2) is 0 Å². The van der Waals surface area contributed by atoms with E-state index >= 15 is 0 Å². The number of fused-ring (bicyclic) bond motifs is 1. The molecule has 5 saturated carbocycles. The molecule has 0 bridgehead atoms. The summed E-state index contributed by atoms with van der Waals surface area (Å²) in [5, 5.41) is 0. The molecule has 5 aliphatic carbocycles. The summed E-state index contributed by atoms with van der Waals surface area (Å²) >= 11 is 0. The first-order chi connectivity index (χ1) is 17.5. The van der Waals surface area contributed by atoms with Crippen LogP contribution in [0.5, 0.6) is 0 Å². The van der Waals surface area contributed by atoms with Gasteiger partial charge in [0.15, 0.2) is 0 Å². The molecule has 5 fully saturated rings. The number of unbranched alkanes of at least 4 members (excludes halogenated alkanes) is 1. The second-order valence-corrected chi connectivity index (χ2v) is 14.9. The van der Waals surface area contributed by atoms with Gasteiger partial charge in [0.1, 0.15) is 0 Å². The summed E-state index contributed by atoms with van der Waals surface area (Å²) in [6.45, 7) is 12.3. The monoisotopic (exact) mass is 499 g/mol. The van der Waals surface area contributed by atoms with E-state index in [4.69, 9.17) is 0 Å². The third kappa shape index (κ3) is 7.14. The Hall–Kier alpha value is 0. The topological polar surface area (TPSA) is 0 Å². The summed E-state index contributed by atoms with van der Waals surface area (Å²) in [7, 11) is 0. The molecule has 0 aromatic heterocycles. The predicted octanol–water partition coefficient (Wildman–Crippen LogP) is 11.7. The van der Waals surface area contributed by atoms with E-state index in [-0.39, 0.29) is 0 Å². The Morgan fingerprint density at radius 1 is 0.583 bits per heavy atom. The molecule has 210 valence electrons. The zero-order valence-electron chi connectivity index (χ0n) is 25.5. The zero-order valence-corrected chi connectivity index (χ0v) is 25.5. The molecule has 5 aliphatic rings. The van der Waals surface area contributed by atoms with Crippen LogP contribution in [0.1, 0.15) is 163 Å². The van der Waals surface area contributed by atoms with E-state index in [0.717, 1.165) is 65.1 Å². The Balaban J connectivity index is 0.000000187. The number of hydrogen-bond donors (Lipinski definition) is 0. The van der Waals surface area contributed by atoms with Crippen molar-refractivity contribution in [1.82, 2.24) is 0 Å². The van der Waals surface area contributed by atoms with E-state index in [0.29, 0.717) is 0 Å². The van der Waals surface area contributed by atoms with Crippen molar-refractivity contribution in [2.75, 3.05) is 0 Å². The second-order valence-electron chi connectivity index (χ2n) is 14.9. The smallest absolute Gasteiger partial charge is 0.0321 e. The van der Waals surface area contributed by atoms with Crippen LogP contribution in [0.4, 0.5) is 0 Å². The van der Waals surface area contributed by atoms with Crippen molar-refractivity contribution in [3.8, 4) is 0 Å². The highest BCUT2D eigenvalue weighted by molar-refractivity contribution is 4.98. The third-order valence-corrected chi connectivity index (χ3v) is 12.9. The molecule has 0 aromatic carbocycles. The Morgan fingerprint density at radius 3 is 1.97 bits per heavy atom. The summed E-state index contributed by atoms with van der Waals surface area (Å²) in [6, 6.07) is 0. The van der Waals surface area contributed by atoms with E-state index in [2.05, 4.69) is 34.6 Å². The van der Waals surface area contributed by atoms with Gasteiger partial charge in [0.05, 0.1) is 0 Å². The van der Waals surface area contributed by atoms with Crippen molar-refractivity contribution < 1.29 is 0 Å². The lowest BCUT2D eigenvalue weighted by Gasteiger charge is -2.51. The fraction of sp³-hybridized carbons (Fsp3) is 1.00. The van der Waals surface area contributed by atoms with Crippen LogP contribution in [0, 0.1) is 65.1 Å². The van der Waals surface area contributed by atoms with Gasteiger partial charge in [0.25, 0.3) is 0 Å². The SMILES string of the molecule is CCC1CCC(C2CCC(C)C2)CC1.CCCCC1C(C)CC2CCCC2C1C1CCCCC1CC. The number of rotatable bonds is 7. The molecule has 5 rings (SSSR count). The van der Waals surface area contributed by atoms with Gasteiger partial charge in [-0.05, 0) is 116 Å². The highest BCUT2D eigenvalue weighted by Crippen LogP contribution is 2.57. The molecule has 0 spiro atoms. The molecular weight excluding hydrogens is 432 g/mol. The van der Waals surface area contributed by atoms with Gasteiger partial charge in [-0.15, -0.1) is 0 Å². The number of hydrogen-bond acceptors (Lipinski definition) is 0. The summed E-state index contributed by atoms with van der Waals surface area (Å²) < 4.78 is 0. The van der Waals surface area contributed by atoms with Crippen molar-refractivity contribution in [1.29, 1.82) is 0 Å². The average molecular weight is 499 g/mol. The maximum absolute atomic E-state index is 2.62. The van der Waals surface area contributed by atoms with Gasteiger partial charge in [-0.3, -0.25) is 0 Å². The summed E-state index contributed by atoms with van der Waals surface area (Å²) in [5.41, 5.74) is 0. The normalized spacial score (nSPS) is 45.1. The van der Waals surface area contributed by atoms with Crippen LogP contribution in [-0.2, 0) is 0 Å². The van der Waals surface area contributed by atoms with Gasteiger partial charge in [-0.1, -0.05) is 112 Å². The van der Waals surface area contributed by atoms with Crippen molar-refractivity contribution >= 4 is 0 Å². The maximum atomic E-state index is 2.62. The zero-order chi connectivity index (χ0) is 25.5.